The Labute approximate surface area is 218 Å². The lowest BCUT2D eigenvalue weighted by molar-refractivity contribution is -0.139. The highest BCUT2D eigenvalue weighted by atomic mass is 32.2. The molecule has 0 heterocycles. The van der Waals surface area contributed by atoms with Gasteiger partial charge in [-0.2, -0.15) is 0 Å². The Morgan fingerprint density at radius 3 is 2.19 bits per heavy atom. The van der Waals surface area contributed by atoms with Crippen molar-refractivity contribution in [3.63, 3.8) is 0 Å². The van der Waals surface area contributed by atoms with E-state index >= 15 is 0 Å². The first-order valence-electron chi connectivity index (χ1n) is 12.0. The Morgan fingerprint density at radius 2 is 1.59 bits per heavy atom. The lowest BCUT2D eigenvalue weighted by Gasteiger charge is -2.31. The van der Waals surface area contributed by atoms with Gasteiger partial charge in [0.1, 0.15) is 24.1 Å². The SMILES string of the molecule is CCNC(=O)[C@@H](C)N(Cc1cccc(C)c1)C(=O)CN(c1ccc(Oc2ccccc2)cc1)S(C)(=O)=O. The predicted octanol–water partition coefficient (Wildman–Crippen LogP) is 4.11. The van der Waals surface area contributed by atoms with E-state index in [-0.39, 0.29) is 12.5 Å². The molecule has 8 nitrogen and oxygen atoms in total. The molecule has 0 fully saturated rings. The molecule has 196 valence electrons. The summed E-state index contributed by atoms with van der Waals surface area (Å²) in [4.78, 5) is 27.6. The van der Waals surface area contributed by atoms with E-state index in [9.17, 15) is 18.0 Å². The Kier molecular flexibility index (Phi) is 9.30. The van der Waals surface area contributed by atoms with Crippen molar-refractivity contribution in [1.29, 1.82) is 0 Å². The summed E-state index contributed by atoms with van der Waals surface area (Å²) >= 11 is 0. The smallest absolute Gasteiger partial charge is 0.244 e. The van der Waals surface area contributed by atoms with Crippen molar-refractivity contribution >= 4 is 27.5 Å². The fourth-order valence-corrected chi connectivity index (χ4v) is 4.68. The second-order valence-electron chi connectivity index (χ2n) is 8.76. The molecule has 3 aromatic carbocycles. The van der Waals surface area contributed by atoms with E-state index in [2.05, 4.69) is 5.32 Å². The maximum absolute atomic E-state index is 13.5. The fraction of sp³-hybridized carbons (Fsp3) is 0.286. The second-order valence-corrected chi connectivity index (χ2v) is 10.7. The summed E-state index contributed by atoms with van der Waals surface area (Å²) in [6.07, 6.45) is 1.05. The first-order valence-corrected chi connectivity index (χ1v) is 13.9. The van der Waals surface area contributed by atoms with Gasteiger partial charge in [0, 0.05) is 13.1 Å². The van der Waals surface area contributed by atoms with Crippen LogP contribution in [0.5, 0.6) is 11.5 Å². The molecule has 0 aromatic heterocycles. The van der Waals surface area contributed by atoms with Gasteiger partial charge in [0.25, 0.3) is 0 Å². The van der Waals surface area contributed by atoms with Crippen molar-refractivity contribution < 1.29 is 22.7 Å². The number of amides is 2. The van der Waals surface area contributed by atoms with Crippen LogP contribution in [0.1, 0.15) is 25.0 Å². The summed E-state index contributed by atoms with van der Waals surface area (Å²) in [6, 6.07) is 22.5. The lowest BCUT2D eigenvalue weighted by Crippen LogP contribution is -2.51. The Balaban J connectivity index is 1.85. The zero-order valence-electron chi connectivity index (χ0n) is 21.5. The van der Waals surface area contributed by atoms with Gasteiger partial charge < -0.3 is 15.0 Å². The molecule has 0 radical (unpaired) electrons. The van der Waals surface area contributed by atoms with Gasteiger partial charge >= 0.3 is 0 Å². The largest absolute Gasteiger partial charge is 0.457 e. The van der Waals surface area contributed by atoms with E-state index in [0.29, 0.717) is 23.7 Å². The summed E-state index contributed by atoms with van der Waals surface area (Å²) in [5, 5.41) is 2.74. The number of hydrogen-bond donors (Lipinski definition) is 1. The number of anilines is 1. The normalized spacial score (nSPS) is 11.9. The van der Waals surface area contributed by atoms with Crippen molar-refractivity contribution in [2.24, 2.45) is 0 Å². The van der Waals surface area contributed by atoms with Gasteiger partial charge in [0.05, 0.1) is 11.9 Å². The molecule has 3 rings (SSSR count). The maximum atomic E-state index is 13.5. The monoisotopic (exact) mass is 523 g/mol. The van der Waals surface area contributed by atoms with Crippen molar-refractivity contribution in [1.82, 2.24) is 10.2 Å². The first kappa shape index (κ1) is 27.7. The van der Waals surface area contributed by atoms with Crippen LogP contribution in [-0.4, -0.2) is 50.5 Å². The standard InChI is InChI=1S/C28H33N3O5S/c1-5-29-28(33)22(3)30(19-23-11-9-10-21(2)18-23)27(32)20-31(37(4,34)35)24-14-16-26(17-15-24)36-25-12-7-6-8-13-25/h6-18,22H,5,19-20H2,1-4H3,(H,29,33)/t22-/m1/s1. The van der Waals surface area contributed by atoms with Gasteiger partial charge in [-0.25, -0.2) is 8.42 Å². The number of likely N-dealkylation sites (N-methyl/N-ethyl adjacent to an activating group) is 1. The van der Waals surface area contributed by atoms with Crippen molar-refractivity contribution in [3.8, 4) is 11.5 Å². The van der Waals surface area contributed by atoms with Crippen molar-refractivity contribution in [2.75, 3.05) is 23.7 Å². The van der Waals surface area contributed by atoms with Crippen LogP contribution in [0.4, 0.5) is 5.69 Å². The number of nitrogens with zero attached hydrogens (tertiary/aromatic N) is 2. The van der Waals surface area contributed by atoms with Crippen LogP contribution < -0.4 is 14.4 Å². The minimum atomic E-state index is -3.81. The molecule has 0 saturated carbocycles. The van der Waals surface area contributed by atoms with Gasteiger partial charge in [-0.3, -0.25) is 13.9 Å². The van der Waals surface area contributed by atoms with Crippen molar-refractivity contribution in [2.45, 2.75) is 33.4 Å². The van der Waals surface area contributed by atoms with Crippen LogP contribution in [0.2, 0.25) is 0 Å². The lowest BCUT2D eigenvalue weighted by atomic mass is 10.1. The molecule has 1 N–H and O–H groups in total. The quantitative estimate of drug-likeness (QED) is 0.408. The molecule has 0 unspecified atom stereocenters. The molecular formula is C28H33N3O5S. The van der Waals surface area contributed by atoms with Crippen LogP contribution in [-0.2, 0) is 26.2 Å². The molecule has 0 aliphatic carbocycles. The number of carbonyl (C=O) groups is 2. The molecule has 0 bridgehead atoms. The Morgan fingerprint density at radius 1 is 0.946 bits per heavy atom. The molecule has 37 heavy (non-hydrogen) atoms. The average molecular weight is 524 g/mol. The minimum Gasteiger partial charge on any atom is -0.457 e. The second kappa shape index (κ2) is 12.4. The number of para-hydroxylation sites is 1. The van der Waals surface area contributed by atoms with E-state index in [1.54, 1.807) is 38.1 Å². The fourth-order valence-electron chi connectivity index (χ4n) is 3.83. The number of benzene rings is 3. The first-order chi connectivity index (χ1) is 17.6. The minimum absolute atomic E-state index is 0.167. The maximum Gasteiger partial charge on any atom is 0.244 e. The number of nitrogens with one attached hydrogen (secondary N) is 1. The third-order valence-corrected chi connectivity index (χ3v) is 6.88. The highest BCUT2D eigenvalue weighted by molar-refractivity contribution is 7.92. The molecule has 9 heteroatoms. The molecular weight excluding hydrogens is 490 g/mol. The van der Waals surface area contributed by atoms with E-state index in [4.69, 9.17) is 4.74 Å². The average Bonchev–Trinajstić information content (AvgIpc) is 2.86. The molecule has 0 aliphatic heterocycles. The molecule has 0 aliphatic rings. The summed E-state index contributed by atoms with van der Waals surface area (Å²) in [6.45, 7) is 5.52. The number of carbonyl (C=O) groups excluding carboxylic acids is 2. The van der Waals surface area contributed by atoms with Gasteiger partial charge in [-0.1, -0.05) is 48.0 Å². The van der Waals surface area contributed by atoms with Crippen LogP contribution in [0, 0.1) is 6.92 Å². The molecule has 3 aromatic rings. The van der Waals surface area contributed by atoms with Crippen LogP contribution in [0.15, 0.2) is 78.9 Å². The third-order valence-electron chi connectivity index (χ3n) is 5.74. The number of ether oxygens (including phenoxy) is 1. The number of hydrogen-bond acceptors (Lipinski definition) is 5. The van der Waals surface area contributed by atoms with Crippen LogP contribution in [0.3, 0.4) is 0 Å². The summed E-state index contributed by atoms with van der Waals surface area (Å²) in [5.74, 6) is 0.379. The highest BCUT2D eigenvalue weighted by Crippen LogP contribution is 2.26. The molecule has 1 atom stereocenters. The third kappa shape index (κ3) is 7.82. The number of rotatable bonds is 11. The molecule has 0 saturated heterocycles. The van der Waals surface area contributed by atoms with Gasteiger partial charge in [0.15, 0.2) is 0 Å². The van der Waals surface area contributed by atoms with E-state index in [1.165, 1.54) is 4.90 Å². The van der Waals surface area contributed by atoms with E-state index in [1.807, 2.05) is 61.5 Å². The van der Waals surface area contributed by atoms with E-state index < -0.39 is 28.5 Å². The Bertz CT molecular complexity index is 1310. The number of sulfonamides is 1. The van der Waals surface area contributed by atoms with Crippen LogP contribution >= 0.6 is 0 Å². The summed E-state index contributed by atoms with van der Waals surface area (Å²) in [5.41, 5.74) is 2.18. The van der Waals surface area contributed by atoms with Crippen LogP contribution in [0.25, 0.3) is 0 Å². The summed E-state index contributed by atoms with van der Waals surface area (Å²) < 4.78 is 32.3. The van der Waals surface area contributed by atoms with Gasteiger partial charge in [0.2, 0.25) is 21.8 Å². The zero-order chi connectivity index (χ0) is 27.0. The highest BCUT2D eigenvalue weighted by Gasteiger charge is 2.30. The molecule has 0 spiro atoms. The Hall–Kier alpha value is -3.85. The van der Waals surface area contributed by atoms with E-state index in [0.717, 1.165) is 21.7 Å². The van der Waals surface area contributed by atoms with Crippen molar-refractivity contribution in [3.05, 3.63) is 90.0 Å². The topological polar surface area (TPSA) is 96.0 Å². The molecule has 2 amide bonds. The zero-order valence-corrected chi connectivity index (χ0v) is 22.4. The predicted molar refractivity (Wildman–Crippen MR) is 145 cm³/mol. The number of aryl methyl sites for hydroxylation is 1. The summed E-state index contributed by atoms with van der Waals surface area (Å²) in [7, 11) is -3.81. The van der Waals surface area contributed by atoms with Gasteiger partial charge in [-0.05, 0) is 62.7 Å². The van der Waals surface area contributed by atoms with Gasteiger partial charge in [-0.15, -0.1) is 0 Å².